The molecule has 0 unspecified atom stereocenters. The molecule has 0 fully saturated rings. The highest BCUT2D eigenvalue weighted by Gasteiger charge is 2.23. The van der Waals surface area contributed by atoms with Crippen molar-refractivity contribution in [2.75, 3.05) is 0 Å². The fourth-order valence-electron chi connectivity index (χ4n) is 3.68. The number of nitrogens with zero attached hydrogens (tertiary/aromatic N) is 5. The van der Waals surface area contributed by atoms with E-state index < -0.39 is 0 Å². The van der Waals surface area contributed by atoms with Gasteiger partial charge in [0.2, 0.25) is 4.96 Å². The third kappa shape index (κ3) is 2.63. The van der Waals surface area contributed by atoms with Gasteiger partial charge in [0.15, 0.2) is 5.82 Å². The van der Waals surface area contributed by atoms with Gasteiger partial charge in [0.05, 0.1) is 0 Å². The maximum atomic E-state index is 4.80. The molecule has 6 heteroatoms. The lowest BCUT2D eigenvalue weighted by Crippen LogP contribution is -2.16. The molecule has 0 radical (unpaired) electrons. The van der Waals surface area contributed by atoms with Gasteiger partial charge >= 0.3 is 0 Å². The second kappa shape index (κ2) is 5.89. The van der Waals surface area contributed by atoms with Crippen LogP contribution in [0.4, 0.5) is 0 Å². The molecule has 5 rings (SSSR count). The van der Waals surface area contributed by atoms with Crippen molar-refractivity contribution in [2.45, 2.75) is 39.2 Å². The highest BCUT2D eigenvalue weighted by molar-refractivity contribution is 7.16. The lowest BCUT2D eigenvalue weighted by Gasteiger charge is -2.13. The van der Waals surface area contributed by atoms with E-state index >= 15 is 0 Å². The Morgan fingerprint density at radius 3 is 2.15 bits per heavy atom. The van der Waals surface area contributed by atoms with Crippen LogP contribution in [-0.2, 0) is 18.4 Å². The summed E-state index contributed by atoms with van der Waals surface area (Å²) in [5.74, 6) is 0.914. The molecule has 0 amide bonds. The Kier molecular flexibility index (Phi) is 3.59. The lowest BCUT2D eigenvalue weighted by molar-refractivity contribution is 0.526. The molecule has 0 spiro atoms. The molecular weight excluding hydrogens is 354 g/mol. The van der Waals surface area contributed by atoms with Crippen molar-refractivity contribution in [3.8, 4) is 0 Å². The molecule has 0 aliphatic heterocycles. The Hall–Kier alpha value is -2.73. The number of aryl methyl sites for hydroxylation is 2. The van der Waals surface area contributed by atoms with Gasteiger partial charge in [-0.3, -0.25) is 0 Å². The zero-order valence-corrected chi connectivity index (χ0v) is 16.5. The van der Waals surface area contributed by atoms with E-state index in [-0.39, 0.29) is 5.41 Å². The standard InChI is InChI=1S/C21H21N5S/c1-21(2,3)19-22-23-20-26(19)24-18(27-20)12-13-25-16-10-6-4-8-14(16)15-9-5-7-11-17(15)25/h4-11H,12-13H2,1-3H3. The van der Waals surface area contributed by atoms with Crippen molar-refractivity contribution in [1.29, 1.82) is 0 Å². The number of fused-ring (bicyclic) bond motifs is 4. The fraction of sp³-hybridized carbons (Fsp3) is 0.286. The molecular formula is C21H21N5S. The first-order chi connectivity index (χ1) is 13.0. The Morgan fingerprint density at radius 1 is 0.889 bits per heavy atom. The molecule has 0 atom stereocenters. The molecule has 0 N–H and O–H groups in total. The van der Waals surface area contributed by atoms with Crippen LogP contribution in [0.1, 0.15) is 31.6 Å². The molecule has 0 bridgehead atoms. The van der Waals surface area contributed by atoms with Crippen LogP contribution < -0.4 is 0 Å². The first-order valence-electron chi connectivity index (χ1n) is 9.20. The zero-order valence-electron chi connectivity index (χ0n) is 15.7. The van der Waals surface area contributed by atoms with Crippen LogP contribution in [0.5, 0.6) is 0 Å². The minimum absolute atomic E-state index is 0.0718. The minimum atomic E-state index is -0.0718. The van der Waals surface area contributed by atoms with Crippen LogP contribution in [0.25, 0.3) is 26.8 Å². The SMILES string of the molecule is CC(C)(C)c1nnc2sc(CCn3c4ccccc4c4ccccc43)nn12. The Labute approximate surface area is 161 Å². The molecule has 136 valence electrons. The number of benzene rings is 2. The second-order valence-electron chi connectivity index (χ2n) is 7.90. The van der Waals surface area contributed by atoms with Gasteiger partial charge in [-0.15, -0.1) is 10.2 Å². The molecule has 27 heavy (non-hydrogen) atoms. The molecule has 0 saturated carbocycles. The van der Waals surface area contributed by atoms with Gasteiger partial charge in [-0.1, -0.05) is 68.5 Å². The van der Waals surface area contributed by atoms with Crippen LogP contribution in [0.3, 0.4) is 0 Å². The summed E-state index contributed by atoms with van der Waals surface area (Å²) in [6.07, 6.45) is 0.875. The maximum Gasteiger partial charge on any atom is 0.234 e. The number of hydrogen-bond acceptors (Lipinski definition) is 4. The van der Waals surface area contributed by atoms with Crippen LogP contribution in [0.15, 0.2) is 48.5 Å². The number of rotatable bonds is 3. The van der Waals surface area contributed by atoms with E-state index in [0.29, 0.717) is 0 Å². The molecule has 3 heterocycles. The highest BCUT2D eigenvalue weighted by Crippen LogP contribution is 2.29. The van der Waals surface area contributed by atoms with E-state index in [1.165, 1.54) is 21.8 Å². The van der Waals surface area contributed by atoms with E-state index in [2.05, 4.69) is 84.1 Å². The molecule has 0 aliphatic carbocycles. The summed E-state index contributed by atoms with van der Waals surface area (Å²) in [4.78, 5) is 0.872. The van der Waals surface area contributed by atoms with Crippen LogP contribution >= 0.6 is 11.3 Å². The van der Waals surface area contributed by atoms with Gasteiger partial charge in [-0.2, -0.15) is 9.61 Å². The summed E-state index contributed by atoms with van der Waals surface area (Å²) in [5.41, 5.74) is 2.48. The first-order valence-corrected chi connectivity index (χ1v) is 10.0. The predicted molar refractivity (Wildman–Crippen MR) is 111 cm³/mol. The van der Waals surface area contributed by atoms with Gasteiger partial charge in [0.25, 0.3) is 0 Å². The molecule has 0 saturated heterocycles. The summed E-state index contributed by atoms with van der Waals surface area (Å²) in [6.45, 7) is 7.31. The van der Waals surface area contributed by atoms with Gasteiger partial charge in [-0.05, 0) is 12.1 Å². The highest BCUT2D eigenvalue weighted by atomic mass is 32.1. The van der Waals surface area contributed by atoms with E-state index in [1.807, 2.05) is 4.52 Å². The van der Waals surface area contributed by atoms with Crippen LogP contribution in [-0.4, -0.2) is 24.4 Å². The molecule has 5 aromatic rings. The van der Waals surface area contributed by atoms with Crippen molar-refractivity contribution in [3.05, 3.63) is 59.4 Å². The normalized spacial score (nSPS) is 12.6. The average molecular weight is 376 g/mol. The average Bonchev–Trinajstić information content (AvgIpc) is 3.30. The van der Waals surface area contributed by atoms with Crippen molar-refractivity contribution in [1.82, 2.24) is 24.4 Å². The third-order valence-electron chi connectivity index (χ3n) is 4.93. The summed E-state index contributed by atoms with van der Waals surface area (Å²) in [7, 11) is 0. The topological polar surface area (TPSA) is 48.0 Å². The minimum Gasteiger partial charge on any atom is -0.340 e. The van der Waals surface area contributed by atoms with Crippen molar-refractivity contribution < 1.29 is 0 Å². The van der Waals surface area contributed by atoms with Gasteiger partial charge in [0, 0.05) is 40.2 Å². The summed E-state index contributed by atoms with van der Waals surface area (Å²) >= 11 is 1.63. The Morgan fingerprint density at radius 2 is 1.52 bits per heavy atom. The molecule has 2 aromatic carbocycles. The van der Waals surface area contributed by atoms with E-state index in [9.17, 15) is 0 Å². The Bertz CT molecular complexity index is 1220. The smallest absolute Gasteiger partial charge is 0.234 e. The first kappa shape index (κ1) is 16.4. The van der Waals surface area contributed by atoms with E-state index in [4.69, 9.17) is 5.10 Å². The second-order valence-corrected chi connectivity index (χ2v) is 8.94. The summed E-state index contributed by atoms with van der Waals surface area (Å²) < 4.78 is 4.31. The fourth-order valence-corrected chi connectivity index (χ4v) is 4.50. The van der Waals surface area contributed by atoms with Gasteiger partial charge < -0.3 is 4.57 Å². The summed E-state index contributed by atoms with van der Waals surface area (Å²) in [6, 6.07) is 17.2. The maximum absolute atomic E-state index is 4.80. The summed E-state index contributed by atoms with van der Waals surface area (Å²) in [5, 5.41) is 17.1. The van der Waals surface area contributed by atoms with E-state index in [0.717, 1.165) is 28.8 Å². The number of hydrogen-bond donors (Lipinski definition) is 0. The van der Waals surface area contributed by atoms with Gasteiger partial charge in [0.1, 0.15) is 5.01 Å². The quantitative estimate of drug-likeness (QED) is 0.454. The monoisotopic (exact) mass is 375 g/mol. The molecule has 5 nitrogen and oxygen atoms in total. The van der Waals surface area contributed by atoms with Crippen LogP contribution in [0, 0.1) is 0 Å². The largest absolute Gasteiger partial charge is 0.340 e. The zero-order chi connectivity index (χ0) is 18.6. The van der Waals surface area contributed by atoms with Crippen LogP contribution in [0.2, 0.25) is 0 Å². The van der Waals surface area contributed by atoms with Crippen molar-refractivity contribution in [3.63, 3.8) is 0 Å². The lowest BCUT2D eigenvalue weighted by atomic mass is 9.96. The van der Waals surface area contributed by atoms with E-state index in [1.54, 1.807) is 11.3 Å². The van der Waals surface area contributed by atoms with Gasteiger partial charge in [-0.25, -0.2) is 0 Å². The van der Waals surface area contributed by atoms with Crippen molar-refractivity contribution in [2.24, 2.45) is 0 Å². The predicted octanol–water partition coefficient (Wildman–Crippen LogP) is 4.83. The number of para-hydroxylation sites is 2. The molecule has 0 aliphatic rings. The molecule has 3 aromatic heterocycles. The Balaban J connectivity index is 1.53. The number of aromatic nitrogens is 5. The third-order valence-corrected chi connectivity index (χ3v) is 5.89. The van der Waals surface area contributed by atoms with Crippen molar-refractivity contribution >= 4 is 38.1 Å².